The predicted molar refractivity (Wildman–Crippen MR) is 108 cm³/mol. The summed E-state index contributed by atoms with van der Waals surface area (Å²) in [5.74, 6) is -2.12. The Bertz CT molecular complexity index is 931. The molecule has 0 saturated heterocycles. The Morgan fingerprint density at radius 3 is 2.00 bits per heavy atom. The molecule has 0 bridgehead atoms. The number of alkyl halides is 3. The Labute approximate surface area is 181 Å². The predicted octanol–water partition coefficient (Wildman–Crippen LogP) is 6.07. The first-order chi connectivity index (χ1) is 13.5. The fourth-order valence-corrected chi connectivity index (χ4v) is 3.96. The van der Waals surface area contributed by atoms with E-state index >= 15 is 0 Å². The first-order valence-corrected chi connectivity index (χ1v) is 9.87. The smallest absolute Gasteiger partial charge is 0.416 e. The Hall–Kier alpha value is -2.13. The van der Waals surface area contributed by atoms with Crippen molar-refractivity contribution < 1.29 is 32.6 Å². The maximum Gasteiger partial charge on any atom is 0.416 e. The maximum atomic E-state index is 12.9. The molecule has 4 nitrogen and oxygen atoms in total. The van der Waals surface area contributed by atoms with E-state index < -0.39 is 30.1 Å². The van der Waals surface area contributed by atoms with E-state index in [-0.39, 0.29) is 23.3 Å². The Kier molecular flexibility index (Phi) is 7.65. The third-order valence-electron chi connectivity index (χ3n) is 3.80. The van der Waals surface area contributed by atoms with Gasteiger partial charge in [-0.3, -0.25) is 4.79 Å². The van der Waals surface area contributed by atoms with Gasteiger partial charge in [-0.05, 0) is 54.0 Å². The van der Waals surface area contributed by atoms with E-state index in [1.807, 2.05) is 0 Å². The number of carboxylic acids is 1. The van der Waals surface area contributed by atoms with Gasteiger partial charge in [0.05, 0.1) is 24.2 Å². The molecule has 29 heavy (non-hydrogen) atoms. The van der Waals surface area contributed by atoms with E-state index in [4.69, 9.17) is 4.74 Å². The lowest BCUT2D eigenvalue weighted by Crippen LogP contribution is -2.14. The number of carbonyl (C=O) groups is 2. The summed E-state index contributed by atoms with van der Waals surface area (Å²) in [5, 5.41) is 9.29. The van der Waals surface area contributed by atoms with Crippen LogP contribution in [0.25, 0.3) is 5.57 Å². The summed E-state index contributed by atoms with van der Waals surface area (Å²) in [7, 11) is 0. The highest BCUT2D eigenvalue weighted by atomic mass is 79.9. The van der Waals surface area contributed by atoms with Gasteiger partial charge < -0.3 is 9.84 Å². The number of benzene rings is 2. The minimum absolute atomic E-state index is 0.0183. The molecule has 1 N–H and O–H groups in total. The van der Waals surface area contributed by atoms with E-state index in [9.17, 15) is 27.9 Å². The van der Waals surface area contributed by atoms with Crippen molar-refractivity contribution >= 4 is 49.4 Å². The van der Waals surface area contributed by atoms with Crippen LogP contribution < -0.4 is 0 Å². The van der Waals surface area contributed by atoms with Crippen LogP contribution in [0.4, 0.5) is 13.2 Å². The Morgan fingerprint density at radius 1 is 1.00 bits per heavy atom. The third-order valence-corrected chi connectivity index (χ3v) is 4.72. The average Bonchev–Trinajstić information content (AvgIpc) is 2.60. The first-order valence-electron chi connectivity index (χ1n) is 8.29. The number of hydrogen-bond donors (Lipinski definition) is 1. The number of halogens is 5. The van der Waals surface area contributed by atoms with Crippen LogP contribution >= 0.6 is 31.9 Å². The summed E-state index contributed by atoms with van der Waals surface area (Å²) in [5.41, 5.74) is -0.139. The molecule has 0 fully saturated rings. The molecule has 2 aromatic carbocycles. The average molecular weight is 536 g/mol. The van der Waals surface area contributed by atoms with Crippen LogP contribution in [0.5, 0.6) is 0 Å². The van der Waals surface area contributed by atoms with Gasteiger partial charge in [-0.15, -0.1) is 0 Å². The second-order valence-corrected chi connectivity index (χ2v) is 7.71. The molecule has 2 aromatic rings. The zero-order valence-corrected chi connectivity index (χ0v) is 18.2. The second-order valence-electron chi connectivity index (χ2n) is 5.88. The molecule has 0 unspecified atom stereocenters. The molecule has 2 rings (SSSR count). The first kappa shape index (κ1) is 23.2. The van der Waals surface area contributed by atoms with Gasteiger partial charge in [0.1, 0.15) is 0 Å². The Balaban J connectivity index is 2.79. The molecule has 9 heteroatoms. The minimum atomic E-state index is -4.52. The Morgan fingerprint density at radius 2 is 1.55 bits per heavy atom. The molecule has 0 atom stereocenters. The van der Waals surface area contributed by atoms with E-state index in [1.54, 1.807) is 25.1 Å². The van der Waals surface area contributed by atoms with Crippen LogP contribution in [0.3, 0.4) is 0 Å². The topological polar surface area (TPSA) is 63.6 Å². The lowest BCUT2D eigenvalue weighted by Gasteiger charge is -2.16. The van der Waals surface area contributed by atoms with Crippen molar-refractivity contribution in [3.8, 4) is 0 Å². The summed E-state index contributed by atoms with van der Waals surface area (Å²) < 4.78 is 45.1. The number of rotatable bonds is 6. The van der Waals surface area contributed by atoms with E-state index in [2.05, 4.69) is 31.9 Å². The molecule has 0 aliphatic heterocycles. The molecule has 0 saturated carbocycles. The monoisotopic (exact) mass is 534 g/mol. The van der Waals surface area contributed by atoms with Gasteiger partial charge in [0, 0.05) is 8.95 Å². The van der Waals surface area contributed by atoms with E-state index in [0.717, 1.165) is 12.1 Å². The van der Waals surface area contributed by atoms with Gasteiger partial charge in [0.25, 0.3) is 0 Å². The fourth-order valence-electron chi connectivity index (χ4n) is 2.67. The lowest BCUT2D eigenvalue weighted by atomic mass is 9.91. The van der Waals surface area contributed by atoms with Crippen molar-refractivity contribution in [3.05, 3.63) is 73.7 Å². The lowest BCUT2D eigenvalue weighted by molar-refractivity contribution is -0.142. The zero-order chi connectivity index (χ0) is 21.8. The summed E-state index contributed by atoms with van der Waals surface area (Å²) in [6.07, 6.45) is -5.18. The van der Waals surface area contributed by atoms with Crippen molar-refractivity contribution in [2.75, 3.05) is 6.61 Å². The molecule has 0 aliphatic carbocycles. The van der Waals surface area contributed by atoms with Gasteiger partial charge in [-0.1, -0.05) is 44.0 Å². The molecule has 0 heterocycles. The van der Waals surface area contributed by atoms with E-state index in [1.165, 1.54) is 12.1 Å². The molecule has 0 aliphatic rings. The van der Waals surface area contributed by atoms with Gasteiger partial charge in [0.15, 0.2) is 0 Å². The largest absolute Gasteiger partial charge is 0.481 e. The SMILES string of the molecule is CCOC(=O)C(CC(=O)O)=C(c1ccc(C(F)(F)F)cc1)c1cc(Br)cc(Br)c1. The maximum absolute atomic E-state index is 12.9. The zero-order valence-electron chi connectivity index (χ0n) is 15.0. The van der Waals surface area contributed by atoms with Crippen LogP contribution in [-0.4, -0.2) is 23.7 Å². The van der Waals surface area contributed by atoms with Crippen molar-refractivity contribution in [1.82, 2.24) is 0 Å². The quantitative estimate of drug-likeness (QED) is 0.360. The van der Waals surface area contributed by atoms with Crippen molar-refractivity contribution in [2.45, 2.75) is 19.5 Å². The van der Waals surface area contributed by atoms with Crippen LogP contribution in [0.15, 0.2) is 57.0 Å². The van der Waals surface area contributed by atoms with Crippen LogP contribution in [0.2, 0.25) is 0 Å². The van der Waals surface area contributed by atoms with Gasteiger partial charge in [-0.2, -0.15) is 13.2 Å². The molecule has 0 amide bonds. The van der Waals surface area contributed by atoms with Crippen LogP contribution in [-0.2, 0) is 20.5 Å². The minimum Gasteiger partial charge on any atom is -0.481 e. The molecule has 0 radical (unpaired) electrons. The highest BCUT2D eigenvalue weighted by Gasteiger charge is 2.30. The fraction of sp³-hybridized carbons (Fsp3) is 0.200. The van der Waals surface area contributed by atoms with Crippen molar-refractivity contribution in [2.24, 2.45) is 0 Å². The molecule has 0 spiro atoms. The number of carbonyl (C=O) groups excluding carboxylic acids is 1. The highest BCUT2D eigenvalue weighted by molar-refractivity contribution is 9.11. The molecule has 0 aromatic heterocycles. The number of aliphatic carboxylic acids is 1. The second kappa shape index (κ2) is 9.58. The van der Waals surface area contributed by atoms with Crippen LogP contribution in [0, 0.1) is 0 Å². The normalized spacial score (nSPS) is 12.3. The highest BCUT2D eigenvalue weighted by Crippen LogP contribution is 2.35. The van der Waals surface area contributed by atoms with E-state index in [0.29, 0.717) is 14.5 Å². The summed E-state index contributed by atoms with van der Waals surface area (Å²) in [6.45, 7) is 1.59. The number of esters is 1. The van der Waals surface area contributed by atoms with Crippen molar-refractivity contribution in [3.63, 3.8) is 0 Å². The number of carboxylic acid groups (broad SMARTS) is 1. The van der Waals surface area contributed by atoms with Gasteiger partial charge in [0.2, 0.25) is 0 Å². The molecule has 154 valence electrons. The molecular weight excluding hydrogens is 521 g/mol. The summed E-state index contributed by atoms with van der Waals surface area (Å²) in [4.78, 5) is 23.9. The number of ether oxygens (including phenoxy) is 1. The summed E-state index contributed by atoms with van der Waals surface area (Å²) >= 11 is 6.65. The summed E-state index contributed by atoms with van der Waals surface area (Å²) in [6, 6.07) is 9.17. The molecular formula is C20H15Br2F3O4. The van der Waals surface area contributed by atoms with Crippen LogP contribution in [0.1, 0.15) is 30.0 Å². The standard InChI is InChI=1S/C20H15Br2F3O4/c1-2-29-19(28)16(10-17(26)27)18(12-7-14(21)9-15(22)8-12)11-3-5-13(6-4-11)20(23,24)25/h3-9H,2,10H2,1H3,(H,26,27). The van der Waals surface area contributed by atoms with Gasteiger partial charge in [-0.25, -0.2) is 4.79 Å². The van der Waals surface area contributed by atoms with Gasteiger partial charge >= 0.3 is 18.1 Å². The third kappa shape index (κ3) is 6.17. The number of hydrogen-bond acceptors (Lipinski definition) is 3. The van der Waals surface area contributed by atoms with Crippen molar-refractivity contribution in [1.29, 1.82) is 0 Å².